The molecule has 1 fully saturated rings. The monoisotopic (exact) mass is 428 g/mol. The number of rotatable bonds is 10. The largest absolute Gasteiger partial charge is 0.423 e. The zero-order chi connectivity index (χ0) is 22.1. The van der Waals surface area contributed by atoms with E-state index in [-0.39, 0.29) is 5.56 Å². The van der Waals surface area contributed by atoms with Crippen molar-refractivity contribution in [1.29, 1.82) is 0 Å². The van der Waals surface area contributed by atoms with Crippen LogP contribution in [0.3, 0.4) is 0 Å². The third-order valence-electron chi connectivity index (χ3n) is 5.63. The van der Waals surface area contributed by atoms with Crippen LogP contribution in [0.2, 0.25) is 0 Å². The standard InChI is InChI=1S/C26H33FO4/c1-3-5-7-9-19-10-13-22(14-11-19)31-25(28)21-12-15-23(24(27)16-21)26-29-17-20(18-30-26)8-6-4-2/h10-16,20,26H,3-9,17-18H2,1-2H3. The summed E-state index contributed by atoms with van der Waals surface area (Å²) in [6.07, 6.45) is 7.13. The maximum absolute atomic E-state index is 14.7. The van der Waals surface area contributed by atoms with E-state index in [0.717, 1.165) is 32.1 Å². The molecule has 0 unspecified atom stereocenters. The Balaban J connectivity index is 1.55. The zero-order valence-corrected chi connectivity index (χ0v) is 18.6. The lowest BCUT2D eigenvalue weighted by molar-refractivity contribution is -0.207. The van der Waals surface area contributed by atoms with Crippen LogP contribution in [0.25, 0.3) is 0 Å². The normalized spacial score (nSPS) is 18.7. The minimum absolute atomic E-state index is 0.157. The SMILES string of the molecule is CCCCCc1ccc(OC(=O)c2ccc(C3OCC(CCCC)CO3)c(F)c2)cc1. The van der Waals surface area contributed by atoms with E-state index >= 15 is 0 Å². The van der Waals surface area contributed by atoms with E-state index in [0.29, 0.717) is 30.4 Å². The first kappa shape index (κ1) is 23.4. The Bertz CT molecular complexity index is 826. The fourth-order valence-corrected chi connectivity index (χ4v) is 3.70. The second kappa shape index (κ2) is 12.0. The second-order valence-corrected chi connectivity index (χ2v) is 8.23. The van der Waals surface area contributed by atoms with Crippen LogP contribution in [0.5, 0.6) is 5.75 Å². The van der Waals surface area contributed by atoms with Gasteiger partial charge in [0.2, 0.25) is 0 Å². The second-order valence-electron chi connectivity index (χ2n) is 8.23. The Kier molecular flexibility index (Phi) is 9.04. The molecule has 4 nitrogen and oxygen atoms in total. The highest BCUT2D eigenvalue weighted by molar-refractivity contribution is 5.91. The number of unbranched alkanes of at least 4 members (excludes halogenated alkanes) is 3. The van der Waals surface area contributed by atoms with Crippen LogP contribution >= 0.6 is 0 Å². The number of benzene rings is 2. The number of hydrogen-bond donors (Lipinski definition) is 0. The van der Waals surface area contributed by atoms with Crippen molar-refractivity contribution < 1.29 is 23.4 Å². The van der Waals surface area contributed by atoms with Crippen LogP contribution < -0.4 is 4.74 Å². The molecule has 1 aliphatic rings. The van der Waals surface area contributed by atoms with E-state index in [1.807, 2.05) is 12.1 Å². The smallest absolute Gasteiger partial charge is 0.343 e. The van der Waals surface area contributed by atoms with Gasteiger partial charge in [0.05, 0.1) is 18.8 Å². The van der Waals surface area contributed by atoms with Gasteiger partial charge in [-0.15, -0.1) is 0 Å². The van der Waals surface area contributed by atoms with Crippen LogP contribution in [-0.4, -0.2) is 19.2 Å². The van der Waals surface area contributed by atoms with Crippen LogP contribution in [0.15, 0.2) is 42.5 Å². The van der Waals surface area contributed by atoms with Gasteiger partial charge in [0, 0.05) is 11.5 Å². The van der Waals surface area contributed by atoms with E-state index in [1.165, 1.54) is 24.5 Å². The molecular weight excluding hydrogens is 395 g/mol. The highest BCUT2D eigenvalue weighted by atomic mass is 19.1. The van der Waals surface area contributed by atoms with Crippen molar-refractivity contribution in [2.24, 2.45) is 5.92 Å². The fourth-order valence-electron chi connectivity index (χ4n) is 3.70. The highest BCUT2D eigenvalue weighted by Crippen LogP contribution is 2.29. The van der Waals surface area contributed by atoms with Crippen LogP contribution in [0.1, 0.15) is 80.1 Å². The molecule has 1 aliphatic heterocycles. The van der Waals surface area contributed by atoms with Gasteiger partial charge < -0.3 is 14.2 Å². The van der Waals surface area contributed by atoms with Crippen molar-refractivity contribution in [3.63, 3.8) is 0 Å². The van der Waals surface area contributed by atoms with Gasteiger partial charge in [0.15, 0.2) is 6.29 Å². The summed E-state index contributed by atoms with van der Waals surface area (Å²) in [5.41, 5.74) is 1.68. The number of aryl methyl sites for hydroxylation is 1. The van der Waals surface area contributed by atoms with Crippen LogP contribution in [-0.2, 0) is 15.9 Å². The minimum atomic E-state index is -0.733. The van der Waals surface area contributed by atoms with Gasteiger partial charge in [-0.1, -0.05) is 57.7 Å². The lowest BCUT2D eigenvalue weighted by atomic mass is 10.0. The highest BCUT2D eigenvalue weighted by Gasteiger charge is 2.26. The van der Waals surface area contributed by atoms with Gasteiger partial charge in [-0.25, -0.2) is 9.18 Å². The lowest BCUT2D eigenvalue weighted by Crippen LogP contribution is -2.27. The number of ether oxygens (including phenoxy) is 3. The Morgan fingerprint density at radius 3 is 2.35 bits per heavy atom. The predicted molar refractivity (Wildman–Crippen MR) is 119 cm³/mol. The summed E-state index contributed by atoms with van der Waals surface area (Å²) < 4.78 is 31.5. The molecule has 0 aromatic heterocycles. The Morgan fingerprint density at radius 1 is 1.00 bits per heavy atom. The van der Waals surface area contributed by atoms with Crippen molar-refractivity contribution >= 4 is 5.97 Å². The molecule has 0 atom stereocenters. The Morgan fingerprint density at radius 2 is 1.71 bits per heavy atom. The first-order chi connectivity index (χ1) is 15.1. The van der Waals surface area contributed by atoms with Crippen LogP contribution in [0.4, 0.5) is 4.39 Å². The first-order valence-electron chi connectivity index (χ1n) is 11.4. The van der Waals surface area contributed by atoms with E-state index in [2.05, 4.69) is 13.8 Å². The number of halogens is 1. The topological polar surface area (TPSA) is 44.8 Å². The van der Waals surface area contributed by atoms with Gasteiger partial charge >= 0.3 is 5.97 Å². The van der Waals surface area contributed by atoms with Gasteiger partial charge in [-0.05, 0) is 49.1 Å². The minimum Gasteiger partial charge on any atom is -0.423 e. The first-order valence-corrected chi connectivity index (χ1v) is 11.4. The summed E-state index contributed by atoms with van der Waals surface area (Å²) in [6, 6.07) is 11.8. The van der Waals surface area contributed by atoms with E-state index in [1.54, 1.807) is 24.3 Å². The van der Waals surface area contributed by atoms with Gasteiger partial charge in [-0.2, -0.15) is 0 Å². The number of esters is 1. The molecule has 0 radical (unpaired) electrons. The maximum atomic E-state index is 14.7. The van der Waals surface area contributed by atoms with Crippen molar-refractivity contribution in [3.05, 3.63) is 65.0 Å². The molecule has 168 valence electrons. The quantitative estimate of drug-likeness (QED) is 0.242. The number of carbonyl (C=O) groups excluding carboxylic acids is 1. The van der Waals surface area contributed by atoms with Crippen molar-refractivity contribution in [2.45, 2.75) is 65.1 Å². The molecule has 1 heterocycles. The molecule has 3 rings (SSSR count). The number of hydrogen-bond acceptors (Lipinski definition) is 4. The molecule has 2 aromatic rings. The number of carbonyl (C=O) groups is 1. The van der Waals surface area contributed by atoms with E-state index in [9.17, 15) is 9.18 Å². The van der Waals surface area contributed by atoms with E-state index in [4.69, 9.17) is 14.2 Å². The third kappa shape index (κ3) is 6.88. The summed E-state index contributed by atoms with van der Waals surface area (Å²) in [6.45, 7) is 5.45. The summed E-state index contributed by atoms with van der Waals surface area (Å²) in [7, 11) is 0. The molecule has 1 saturated heterocycles. The molecule has 0 N–H and O–H groups in total. The molecule has 31 heavy (non-hydrogen) atoms. The molecule has 0 saturated carbocycles. The summed E-state index contributed by atoms with van der Waals surface area (Å²) in [5, 5.41) is 0. The van der Waals surface area contributed by atoms with Crippen molar-refractivity contribution in [1.82, 2.24) is 0 Å². The molecule has 0 spiro atoms. The van der Waals surface area contributed by atoms with Gasteiger partial charge in [0.1, 0.15) is 11.6 Å². The zero-order valence-electron chi connectivity index (χ0n) is 18.6. The average molecular weight is 429 g/mol. The van der Waals surface area contributed by atoms with Crippen molar-refractivity contribution in [2.75, 3.05) is 13.2 Å². The average Bonchev–Trinajstić information content (AvgIpc) is 2.79. The van der Waals surface area contributed by atoms with Crippen molar-refractivity contribution in [3.8, 4) is 5.75 Å². The molecule has 0 aliphatic carbocycles. The van der Waals surface area contributed by atoms with Gasteiger partial charge in [-0.3, -0.25) is 0 Å². The maximum Gasteiger partial charge on any atom is 0.343 e. The Labute approximate surface area is 184 Å². The Hall–Kier alpha value is -2.24. The molecule has 5 heteroatoms. The summed E-state index contributed by atoms with van der Waals surface area (Å²) in [4.78, 5) is 12.4. The third-order valence-corrected chi connectivity index (χ3v) is 5.63. The molecular formula is C26H33FO4. The van der Waals surface area contributed by atoms with Gasteiger partial charge in [0.25, 0.3) is 0 Å². The molecule has 2 aromatic carbocycles. The molecule has 0 bridgehead atoms. The molecule has 0 amide bonds. The summed E-state index contributed by atoms with van der Waals surface area (Å²) in [5.74, 6) is -0.315. The van der Waals surface area contributed by atoms with Crippen LogP contribution in [0, 0.1) is 11.7 Å². The fraction of sp³-hybridized carbons (Fsp3) is 0.500. The summed E-state index contributed by atoms with van der Waals surface area (Å²) >= 11 is 0. The van der Waals surface area contributed by atoms with E-state index < -0.39 is 18.1 Å². The lowest BCUT2D eigenvalue weighted by Gasteiger charge is -2.29. The predicted octanol–water partition coefficient (Wildman–Crippen LogP) is 6.63.